The Morgan fingerprint density at radius 1 is 1.40 bits per heavy atom. The number of aromatic nitrogens is 2. The van der Waals surface area contributed by atoms with E-state index in [1.165, 1.54) is 0 Å². The summed E-state index contributed by atoms with van der Waals surface area (Å²) in [5.41, 5.74) is 2.19. The molecule has 104 valence electrons. The van der Waals surface area contributed by atoms with Crippen molar-refractivity contribution in [2.75, 3.05) is 0 Å². The van der Waals surface area contributed by atoms with Gasteiger partial charge in [-0.1, -0.05) is 12.1 Å². The van der Waals surface area contributed by atoms with Crippen LogP contribution in [0.5, 0.6) is 0 Å². The highest BCUT2D eigenvalue weighted by atomic mass is 79.9. The van der Waals surface area contributed by atoms with Crippen LogP contribution in [0, 0.1) is 18.3 Å². The van der Waals surface area contributed by atoms with Gasteiger partial charge in [-0.25, -0.2) is 0 Å². The highest BCUT2D eigenvalue weighted by Gasteiger charge is 2.27. The van der Waals surface area contributed by atoms with Crippen molar-refractivity contribution in [3.63, 3.8) is 0 Å². The Morgan fingerprint density at radius 3 is 2.45 bits per heavy atom. The maximum atomic E-state index is 10.7. The fraction of sp³-hybridized carbons (Fsp3) is 0.333. The molecule has 0 bridgehead atoms. The molecule has 0 radical (unpaired) electrons. The molecule has 20 heavy (non-hydrogen) atoms. The van der Waals surface area contributed by atoms with Gasteiger partial charge in [0.25, 0.3) is 0 Å². The van der Waals surface area contributed by atoms with Crippen LogP contribution in [0.3, 0.4) is 0 Å². The summed E-state index contributed by atoms with van der Waals surface area (Å²) in [7, 11) is 1.86. The van der Waals surface area contributed by atoms with Crippen LogP contribution in [0.4, 0.5) is 0 Å². The zero-order valence-electron chi connectivity index (χ0n) is 11.7. The summed E-state index contributed by atoms with van der Waals surface area (Å²) in [4.78, 5) is 0. The van der Waals surface area contributed by atoms with Crippen molar-refractivity contribution in [3.05, 3.63) is 51.3 Å². The van der Waals surface area contributed by atoms with Gasteiger partial charge in [-0.3, -0.25) is 4.68 Å². The first-order chi connectivity index (χ1) is 9.35. The number of aliphatic hydroxyl groups is 1. The van der Waals surface area contributed by atoms with Crippen molar-refractivity contribution in [1.82, 2.24) is 9.78 Å². The van der Waals surface area contributed by atoms with Gasteiger partial charge in [0.05, 0.1) is 33.1 Å². The fourth-order valence-corrected chi connectivity index (χ4v) is 2.68. The third-order valence-corrected chi connectivity index (χ3v) is 4.44. The second-order valence-electron chi connectivity index (χ2n) is 5.11. The van der Waals surface area contributed by atoms with E-state index in [1.807, 2.05) is 14.0 Å². The quantitative estimate of drug-likeness (QED) is 0.939. The molecule has 1 aromatic carbocycles. The molecule has 0 saturated carbocycles. The second-order valence-corrected chi connectivity index (χ2v) is 5.90. The van der Waals surface area contributed by atoms with Crippen LogP contribution in [0.2, 0.25) is 0 Å². The van der Waals surface area contributed by atoms with Crippen molar-refractivity contribution in [3.8, 4) is 6.07 Å². The van der Waals surface area contributed by atoms with Gasteiger partial charge in [0, 0.05) is 13.5 Å². The zero-order chi connectivity index (χ0) is 14.9. The number of aryl methyl sites for hydroxylation is 2. The molecule has 0 spiro atoms. The van der Waals surface area contributed by atoms with Gasteiger partial charge in [-0.15, -0.1) is 0 Å². The summed E-state index contributed by atoms with van der Waals surface area (Å²) in [5.74, 6) is 0. The number of hydrogen-bond donors (Lipinski definition) is 1. The lowest BCUT2D eigenvalue weighted by molar-refractivity contribution is 0.0554. The summed E-state index contributed by atoms with van der Waals surface area (Å²) in [5, 5.41) is 23.9. The normalized spacial score (nSPS) is 13.8. The molecule has 0 amide bonds. The van der Waals surface area contributed by atoms with Crippen LogP contribution in [-0.2, 0) is 19.1 Å². The molecular formula is C15H16BrN3O. The first-order valence-corrected chi connectivity index (χ1v) is 7.05. The third kappa shape index (κ3) is 2.77. The molecule has 0 aliphatic rings. The van der Waals surface area contributed by atoms with E-state index < -0.39 is 5.60 Å². The Bertz CT molecular complexity index is 666. The number of nitriles is 1. The van der Waals surface area contributed by atoms with E-state index in [2.05, 4.69) is 27.1 Å². The highest BCUT2D eigenvalue weighted by molar-refractivity contribution is 9.10. The van der Waals surface area contributed by atoms with Crippen LogP contribution < -0.4 is 0 Å². The summed E-state index contributed by atoms with van der Waals surface area (Å²) >= 11 is 3.51. The molecule has 0 saturated heterocycles. The SMILES string of the molecule is Cc1nn(C)c(CC(C)(O)c2ccc(C#N)cc2)c1Br. The molecule has 0 fully saturated rings. The third-order valence-electron chi connectivity index (χ3n) is 3.41. The largest absolute Gasteiger partial charge is 0.385 e. The number of hydrogen-bond acceptors (Lipinski definition) is 3. The van der Waals surface area contributed by atoms with Gasteiger partial charge in [0.2, 0.25) is 0 Å². The van der Waals surface area contributed by atoms with Gasteiger partial charge in [0.1, 0.15) is 0 Å². The van der Waals surface area contributed by atoms with E-state index in [0.717, 1.165) is 21.4 Å². The molecule has 5 heteroatoms. The maximum Gasteiger partial charge on any atom is 0.0991 e. The van der Waals surface area contributed by atoms with E-state index >= 15 is 0 Å². The van der Waals surface area contributed by atoms with Crippen molar-refractivity contribution in [1.29, 1.82) is 5.26 Å². The first kappa shape index (κ1) is 14.8. The van der Waals surface area contributed by atoms with Gasteiger partial charge >= 0.3 is 0 Å². The number of nitrogens with zero attached hydrogens (tertiary/aromatic N) is 3. The lowest BCUT2D eigenvalue weighted by Gasteiger charge is -2.24. The van der Waals surface area contributed by atoms with E-state index in [4.69, 9.17) is 5.26 Å². The van der Waals surface area contributed by atoms with Crippen LogP contribution in [-0.4, -0.2) is 14.9 Å². The first-order valence-electron chi connectivity index (χ1n) is 6.26. The average molecular weight is 334 g/mol. The molecule has 1 aromatic heterocycles. The fourth-order valence-electron chi connectivity index (χ4n) is 2.20. The number of halogens is 1. The van der Waals surface area contributed by atoms with Crippen molar-refractivity contribution < 1.29 is 5.11 Å². The average Bonchev–Trinajstić information content (AvgIpc) is 2.65. The van der Waals surface area contributed by atoms with Crippen molar-refractivity contribution >= 4 is 15.9 Å². The van der Waals surface area contributed by atoms with Gasteiger partial charge in [-0.05, 0) is 47.5 Å². The van der Waals surface area contributed by atoms with E-state index in [0.29, 0.717) is 12.0 Å². The Kier molecular flexibility index (Phi) is 3.98. The van der Waals surface area contributed by atoms with Gasteiger partial charge < -0.3 is 5.11 Å². The minimum Gasteiger partial charge on any atom is -0.385 e. The van der Waals surface area contributed by atoms with Gasteiger partial charge in [-0.2, -0.15) is 10.4 Å². The van der Waals surface area contributed by atoms with Crippen LogP contribution in [0.1, 0.15) is 29.4 Å². The van der Waals surface area contributed by atoms with Crippen LogP contribution in [0.15, 0.2) is 28.7 Å². The topological polar surface area (TPSA) is 61.8 Å². The summed E-state index contributed by atoms with van der Waals surface area (Å²) in [6.45, 7) is 3.69. The predicted molar refractivity (Wildman–Crippen MR) is 80.1 cm³/mol. The number of rotatable bonds is 3. The maximum absolute atomic E-state index is 10.7. The summed E-state index contributed by atoms with van der Waals surface area (Å²) in [6.07, 6.45) is 0.441. The minimum absolute atomic E-state index is 0.441. The Balaban J connectivity index is 2.32. The Morgan fingerprint density at radius 2 is 2.00 bits per heavy atom. The molecule has 0 aliphatic heterocycles. The molecule has 1 atom stereocenters. The summed E-state index contributed by atoms with van der Waals surface area (Å²) < 4.78 is 2.70. The predicted octanol–water partition coefficient (Wildman–Crippen LogP) is 2.81. The van der Waals surface area contributed by atoms with E-state index in [1.54, 1.807) is 35.9 Å². The standard InChI is InChI=1S/C15H16BrN3O/c1-10-14(16)13(19(3)18-10)8-15(2,20)12-6-4-11(9-17)5-7-12/h4-7,20H,8H2,1-3H3. The molecule has 4 nitrogen and oxygen atoms in total. The highest BCUT2D eigenvalue weighted by Crippen LogP contribution is 2.30. The second kappa shape index (κ2) is 5.39. The molecule has 1 unspecified atom stereocenters. The lowest BCUT2D eigenvalue weighted by atomic mass is 9.90. The molecule has 0 aliphatic carbocycles. The smallest absolute Gasteiger partial charge is 0.0991 e. The Labute approximate surface area is 126 Å². The van der Waals surface area contributed by atoms with Gasteiger partial charge in [0.15, 0.2) is 0 Å². The molecule has 2 rings (SSSR count). The molecular weight excluding hydrogens is 318 g/mol. The van der Waals surface area contributed by atoms with Crippen molar-refractivity contribution in [2.45, 2.75) is 25.9 Å². The lowest BCUT2D eigenvalue weighted by Crippen LogP contribution is -2.25. The van der Waals surface area contributed by atoms with Crippen molar-refractivity contribution in [2.24, 2.45) is 7.05 Å². The molecule has 2 aromatic rings. The number of benzene rings is 1. The minimum atomic E-state index is -1.02. The van der Waals surface area contributed by atoms with E-state index in [-0.39, 0.29) is 0 Å². The zero-order valence-corrected chi connectivity index (χ0v) is 13.3. The monoisotopic (exact) mass is 333 g/mol. The molecule has 1 heterocycles. The summed E-state index contributed by atoms with van der Waals surface area (Å²) in [6, 6.07) is 9.08. The van der Waals surface area contributed by atoms with Crippen LogP contribution in [0.25, 0.3) is 0 Å². The molecule has 1 N–H and O–H groups in total. The van der Waals surface area contributed by atoms with E-state index in [9.17, 15) is 5.11 Å². The van der Waals surface area contributed by atoms with Crippen LogP contribution >= 0.6 is 15.9 Å². The Hall–Kier alpha value is -1.64.